The second-order valence-corrected chi connectivity index (χ2v) is 8.32. The zero-order valence-corrected chi connectivity index (χ0v) is 18.8. The largest absolute Gasteiger partial charge is 0.497 e. The van der Waals surface area contributed by atoms with Gasteiger partial charge in [-0.2, -0.15) is 18.2 Å². The van der Waals surface area contributed by atoms with E-state index in [1.807, 2.05) is 0 Å². The Morgan fingerprint density at radius 1 is 1.09 bits per heavy atom. The number of halogens is 4. The molecular weight excluding hydrogens is 459 g/mol. The quantitative estimate of drug-likeness (QED) is 0.500. The van der Waals surface area contributed by atoms with Crippen molar-refractivity contribution in [3.63, 3.8) is 0 Å². The molecule has 0 spiro atoms. The molecule has 0 radical (unpaired) electrons. The van der Waals surface area contributed by atoms with Crippen LogP contribution in [0.5, 0.6) is 5.75 Å². The number of alkyl halides is 3. The molecule has 1 aromatic heterocycles. The van der Waals surface area contributed by atoms with Gasteiger partial charge in [-0.1, -0.05) is 17.7 Å². The molecule has 0 fully saturated rings. The number of methoxy groups -OCH3 is 1. The van der Waals surface area contributed by atoms with Crippen LogP contribution in [0.4, 0.5) is 13.2 Å². The number of hydrogen-bond donors (Lipinski definition) is 1. The highest BCUT2D eigenvalue weighted by Gasteiger charge is 2.51. The lowest BCUT2D eigenvalue weighted by Gasteiger charge is -2.26. The lowest BCUT2D eigenvalue weighted by molar-refractivity contribution is -0.210. The minimum atomic E-state index is -4.63. The van der Waals surface area contributed by atoms with E-state index in [4.69, 9.17) is 16.3 Å². The van der Waals surface area contributed by atoms with Crippen LogP contribution >= 0.6 is 11.6 Å². The van der Waals surface area contributed by atoms with Crippen LogP contribution in [0.1, 0.15) is 25.8 Å². The molecule has 0 atom stereocenters. The Labute approximate surface area is 192 Å². The number of H-pyrrole nitrogens is 1. The lowest BCUT2D eigenvalue weighted by Crippen LogP contribution is -2.39. The third kappa shape index (κ3) is 5.42. The number of aromatic nitrogens is 3. The summed E-state index contributed by atoms with van der Waals surface area (Å²) in [4.78, 5) is 35.2. The molecule has 0 saturated carbocycles. The summed E-state index contributed by atoms with van der Waals surface area (Å²) in [7, 11) is 1.53. The molecule has 33 heavy (non-hydrogen) atoms. The summed E-state index contributed by atoms with van der Waals surface area (Å²) in [5, 5.41) is 0.274. The molecule has 10 heteroatoms. The molecule has 0 aliphatic heterocycles. The first kappa shape index (κ1) is 24.4. The number of hydrogen-bond acceptors (Lipinski definition) is 5. The minimum absolute atomic E-state index is 0.0726. The summed E-state index contributed by atoms with van der Waals surface area (Å²) in [5.41, 5.74) is -1.56. The van der Waals surface area contributed by atoms with Gasteiger partial charge in [0.25, 0.3) is 0 Å². The van der Waals surface area contributed by atoms with Crippen LogP contribution in [0, 0.1) is 5.41 Å². The van der Waals surface area contributed by atoms with Crippen molar-refractivity contribution in [3.8, 4) is 28.5 Å². The van der Waals surface area contributed by atoms with Gasteiger partial charge in [-0.05, 0) is 62.2 Å². The van der Waals surface area contributed by atoms with Gasteiger partial charge in [-0.15, -0.1) is 0 Å². The van der Waals surface area contributed by atoms with E-state index in [1.165, 1.54) is 7.11 Å². The second-order valence-electron chi connectivity index (χ2n) is 7.91. The van der Waals surface area contributed by atoms with Gasteiger partial charge < -0.3 is 4.74 Å². The predicted octanol–water partition coefficient (Wildman–Crippen LogP) is 5.25. The fourth-order valence-electron chi connectivity index (χ4n) is 3.02. The van der Waals surface area contributed by atoms with Gasteiger partial charge in [0, 0.05) is 17.5 Å². The van der Waals surface area contributed by atoms with Crippen LogP contribution in [0.25, 0.3) is 22.8 Å². The first-order valence-corrected chi connectivity index (χ1v) is 10.3. The maximum Gasteiger partial charge on any atom is 0.400 e. The van der Waals surface area contributed by atoms with Crippen molar-refractivity contribution in [1.29, 1.82) is 0 Å². The van der Waals surface area contributed by atoms with E-state index in [0.717, 1.165) is 13.8 Å². The summed E-state index contributed by atoms with van der Waals surface area (Å²) in [5.74, 6) is 0.0288. The van der Waals surface area contributed by atoms with Crippen molar-refractivity contribution < 1.29 is 22.7 Å². The smallest absolute Gasteiger partial charge is 0.400 e. The summed E-state index contributed by atoms with van der Waals surface area (Å²) in [6, 6.07) is 11.5. The van der Waals surface area contributed by atoms with Gasteiger partial charge >= 0.3 is 11.9 Å². The summed E-state index contributed by atoms with van der Waals surface area (Å²) in [6.45, 7) is 1.74. The summed E-state index contributed by atoms with van der Waals surface area (Å²) >= 11 is 6.30. The Bertz CT molecular complexity index is 1220. The number of ether oxygens (including phenoxy) is 1. The Balaban J connectivity index is 1.90. The molecule has 3 aromatic rings. The zero-order valence-electron chi connectivity index (χ0n) is 18.1. The summed E-state index contributed by atoms with van der Waals surface area (Å²) < 4.78 is 44.5. The van der Waals surface area contributed by atoms with E-state index in [0.29, 0.717) is 22.4 Å². The number of rotatable bonds is 7. The molecule has 0 bridgehead atoms. The number of nitrogens with zero attached hydrogens (tertiary/aromatic N) is 2. The minimum Gasteiger partial charge on any atom is -0.497 e. The monoisotopic (exact) mass is 479 g/mol. The van der Waals surface area contributed by atoms with Gasteiger partial charge in [0.2, 0.25) is 0 Å². The molecule has 0 unspecified atom stereocenters. The molecule has 1 heterocycles. The number of aryl methyl sites for hydroxylation is 1. The molecule has 0 aliphatic carbocycles. The molecule has 1 N–H and O–H groups in total. The molecule has 0 saturated heterocycles. The van der Waals surface area contributed by atoms with Crippen molar-refractivity contribution in [2.24, 2.45) is 5.41 Å². The number of aromatic amines is 1. The standard InChI is InChI=1S/C23H21ClF3N3O3/c1-22(2,23(25,26)27)18(31)11-5-13-4-10-17(24)16(12-13)20-28-19(29-21(32)30-20)14-6-8-15(33-3)9-7-14/h4,6-10,12H,5,11H2,1-3H3,(H,28,29,30,32). The van der Waals surface area contributed by atoms with Crippen LogP contribution in [0.3, 0.4) is 0 Å². The first-order chi connectivity index (χ1) is 15.4. The SMILES string of the molecule is COc1ccc(-c2nc(-c3cc(CCC(=O)C(C)(C)C(F)(F)F)ccc3Cl)[nH]c(=O)n2)cc1. The van der Waals surface area contributed by atoms with Gasteiger partial charge in [0.1, 0.15) is 22.8 Å². The number of benzene rings is 2. The Morgan fingerprint density at radius 2 is 1.76 bits per heavy atom. The van der Waals surface area contributed by atoms with Crippen LogP contribution in [-0.4, -0.2) is 34.0 Å². The van der Waals surface area contributed by atoms with E-state index in [1.54, 1.807) is 42.5 Å². The molecule has 0 amide bonds. The van der Waals surface area contributed by atoms with E-state index in [-0.39, 0.29) is 29.5 Å². The molecule has 6 nitrogen and oxygen atoms in total. The van der Waals surface area contributed by atoms with Crippen LogP contribution in [0.2, 0.25) is 5.02 Å². The number of nitrogens with one attached hydrogen (secondary N) is 1. The molecule has 0 aliphatic rings. The predicted molar refractivity (Wildman–Crippen MR) is 118 cm³/mol. The maximum absolute atomic E-state index is 13.1. The highest BCUT2D eigenvalue weighted by atomic mass is 35.5. The van der Waals surface area contributed by atoms with Gasteiger partial charge in [-0.3, -0.25) is 9.78 Å². The Morgan fingerprint density at radius 3 is 2.36 bits per heavy atom. The highest BCUT2D eigenvalue weighted by Crippen LogP contribution is 2.39. The third-order valence-electron chi connectivity index (χ3n) is 5.33. The maximum atomic E-state index is 13.1. The third-order valence-corrected chi connectivity index (χ3v) is 5.66. The Hall–Kier alpha value is -3.20. The van der Waals surface area contributed by atoms with Gasteiger partial charge in [-0.25, -0.2) is 9.78 Å². The van der Waals surface area contributed by atoms with Gasteiger partial charge in [0.05, 0.1) is 12.1 Å². The van der Waals surface area contributed by atoms with Crippen molar-refractivity contribution in [2.75, 3.05) is 7.11 Å². The van der Waals surface area contributed by atoms with Crippen LogP contribution in [0.15, 0.2) is 47.3 Å². The first-order valence-electron chi connectivity index (χ1n) is 9.94. The fourth-order valence-corrected chi connectivity index (χ4v) is 3.23. The van der Waals surface area contributed by atoms with E-state index >= 15 is 0 Å². The van der Waals surface area contributed by atoms with Crippen LogP contribution in [-0.2, 0) is 11.2 Å². The number of Topliss-reactive ketones (excluding diaryl/α,β-unsaturated/α-hetero) is 1. The Kier molecular flexibility index (Phi) is 6.92. The second kappa shape index (κ2) is 9.35. The fraction of sp³-hybridized carbons (Fsp3) is 0.304. The average Bonchev–Trinajstić information content (AvgIpc) is 2.77. The zero-order chi connectivity index (χ0) is 24.4. The highest BCUT2D eigenvalue weighted by molar-refractivity contribution is 6.33. The number of carbonyl (C=O) groups is 1. The molecular formula is C23H21ClF3N3O3. The topological polar surface area (TPSA) is 84.9 Å². The van der Waals surface area contributed by atoms with Crippen LogP contribution < -0.4 is 10.4 Å². The van der Waals surface area contributed by atoms with Crippen molar-refractivity contribution >= 4 is 17.4 Å². The van der Waals surface area contributed by atoms with Gasteiger partial charge in [0.15, 0.2) is 5.82 Å². The molecule has 3 rings (SSSR count). The summed E-state index contributed by atoms with van der Waals surface area (Å²) in [6.07, 6.45) is -4.86. The number of carbonyl (C=O) groups excluding carboxylic acids is 1. The average molecular weight is 480 g/mol. The van der Waals surface area contributed by atoms with Crippen molar-refractivity contribution in [2.45, 2.75) is 32.9 Å². The van der Waals surface area contributed by atoms with Crippen molar-refractivity contribution in [3.05, 3.63) is 63.5 Å². The lowest BCUT2D eigenvalue weighted by atomic mass is 9.84. The van der Waals surface area contributed by atoms with E-state index in [9.17, 15) is 22.8 Å². The van der Waals surface area contributed by atoms with Crippen molar-refractivity contribution in [1.82, 2.24) is 15.0 Å². The molecule has 174 valence electrons. The van der Waals surface area contributed by atoms with E-state index < -0.39 is 23.1 Å². The molecule has 2 aromatic carbocycles. The normalized spacial score (nSPS) is 12.0. The number of ketones is 1. The van der Waals surface area contributed by atoms with E-state index in [2.05, 4.69) is 15.0 Å².